The Bertz CT molecular complexity index is 1120. The summed E-state index contributed by atoms with van der Waals surface area (Å²) in [6.45, 7) is 11.3. The molecule has 2 heterocycles. The Balaban J connectivity index is 1.77. The predicted molar refractivity (Wildman–Crippen MR) is 117 cm³/mol. The van der Waals surface area contributed by atoms with E-state index in [-0.39, 0.29) is 0 Å². The standard InChI is InChI=1S/C24H26N4O/c1-6-28(21-9-10-22(17(3)13-21)27-12-11-25-15-27)23-14-20(8-7-16(23)2)24-18(4)26-29-19(24)5/h7-15H,6H2,1-5H3. The summed E-state index contributed by atoms with van der Waals surface area (Å²) in [7, 11) is 0. The first-order valence-corrected chi connectivity index (χ1v) is 9.90. The molecular weight excluding hydrogens is 360 g/mol. The molecule has 0 aliphatic carbocycles. The number of anilines is 2. The largest absolute Gasteiger partial charge is 0.361 e. The van der Waals surface area contributed by atoms with E-state index >= 15 is 0 Å². The second kappa shape index (κ2) is 7.59. The lowest BCUT2D eigenvalue weighted by Crippen LogP contribution is -2.17. The summed E-state index contributed by atoms with van der Waals surface area (Å²) in [4.78, 5) is 6.51. The van der Waals surface area contributed by atoms with Crippen LogP contribution in [-0.4, -0.2) is 21.3 Å². The molecule has 0 bridgehead atoms. The van der Waals surface area contributed by atoms with Gasteiger partial charge in [-0.2, -0.15) is 0 Å². The minimum atomic E-state index is 0.848. The third-order valence-corrected chi connectivity index (χ3v) is 5.41. The first-order chi connectivity index (χ1) is 14.0. The van der Waals surface area contributed by atoms with Gasteiger partial charge in [-0.1, -0.05) is 17.3 Å². The summed E-state index contributed by atoms with van der Waals surface area (Å²) in [5, 5.41) is 4.12. The van der Waals surface area contributed by atoms with E-state index in [0.29, 0.717) is 0 Å². The molecule has 148 valence electrons. The molecule has 29 heavy (non-hydrogen) atoms. The fraction of sp³-hybridized carbons (Fsp3) is 0.250. The molecular formula is C24H26N4O. The molecule has 0 aliphatic rings. The number of hydrogen-bond acceptors (Lipinski definition) is 4. The van der Waals surface area contributed by atoms with Crippen LogP contribution in [0, 0.1) is 27.7 Å². The number of aromatic nitrogens is 3. The molecule has 0 aliphatic heterocycles. The molecule has 0 saturated carbocycles. The van der Waals surface area contributed by atoms with Crippen LogP contribution in [0.4, 0.5) is 11.4 Å². The quantitative estimate of drug-likeness (QED) is 0.427. The molecule has 0 amide bonds. The third kappa shape index (κ3) is 3.44. The Morgan fingerprint density at radius 2 is 1.83 bits per heavy atom. The van der Waals surface area contributed by atoms with Crippen LogP contribution >= 0.6 is 0 Å². The lowest BCUT2D eigenvalue weighted by Gasteiger charge is -2.27. The number of nitrogens with zero attached hydrogens (tertiary/aromatic N) is 4. The summed E-state index contributed by atoms with van der Waals surface area (Å²) in [6, 6.07) is 13.1. The highest BCUT2D eigenvalue weighted by Crippen LogP contribution is 2.35. The molecule has 0 fully saturated rings. The number of imidazole rings is 1. The zero-order chi connectivity index (χ0) is 20.5. The minimum absolute atomic E-state index is 0.848. The lowest BCUT2D eigenvalue weighted by atomic mass is 10.0. The first kappa shape index (κ1) is 19.0. The van der Waals surface area contributed by atoms with Crippen molar-refractivity contribution in [3.63, 3.8) is 0 Å². The van der Waals surface area contributed by atoms with Gasteiger partial charge in [-0.15, -0.1) is 0 Å². The molecule has 5 nitrogen and oxygen atoms in total. The van der Waals surface area contributed by atoms with Crippen molar-refractivity contribution in [2.75, 3.05) is 11.4 Å². The van der Waals surface area contributed by atoms with Crippen molar-refractivity contribution in [2.24, 2.45) is 0 Å². The highest BCUT2D eigenvalue weighted by molar-refractivity contribution is 5.76. The molecule has 0 atom stereocenters. The Labute approximate surface area is 171 Å². The maximum absolute atomic E-state index is 5.38. The Morgan fingerprint density at radius 3 is 2.45 bits per heavy atom. The summed E-state index contributed by atoms with van der Waals surface area (Å²) >= 11 is 0. The van der Waals surface area contributed by atoms with Crippen LogP contribution < -0.4 is 4.90 Å². The maximum Gasteiger partial charge on any atom is 0.141 e. The highest BCUT2D eigenvalue weighted by Gasteiger charge is 2.16. The van der Waals surface area contributed by atoms with Crippen LogP contribution in [0.3, 0.4) is 0 Å². The molecule has 2 aromatic carbocycles. The van der Waals surface area contributed by atoms with E-state index < -0.39 is 0 Å². The number of rotatable bonds is 5. The van der Waals surface area contributed by atoms with Gasteiger partial charge in [0.15, 0.2) is 0 Å². The van der Waals surface area contributed by atoms with Gasteiger partial charge in [0.05, 0.1) is 12.0 Å². The number of benzene rings is 2. The van der Waals surface area contributed by atoms with Crippen molar-refractivity contribution in [1.29, 1.82) is 0 Å². The fourth-order valence-corrected chi connectivity index (χ4v) is 3.94. The molecule has 5 heteroatoms. The average Bonchev–Trinajstić information content (AvgIpc) is 3.34. The van der Waals surface area contributed by atoms with Crippen molar-refractivity contribution in [2.45, 2.75) is 34.6 Å². The van der Waals surface area contributed by atoms with Crippen LogP contribution in [0.2, 0.25) is 0 Å². The van der Waals surface area contributed by atoms with Gasteiger partial charge in [0, 0.05) is 41.6 Å². The molecule has 4 aromatic rings. The van der Waals surface area contributed by atoms with Crippen molar-refractivity contribution >= 4 is 11.4 Å². The van der Waals surface area contributed by atoms with Crippen LogP contribution in [0.5, 0.6) is 0 Å². The fourth-order valence-electron chi connectivity index (χ4n) is 3.94. The van der Waals surface area contributed by atoms with Gasteiger partial charge in [-0.3, -0.25) is 0 Å². The van der Waals surface area contributed by atoms with Gasteiger partial charge in [0.2, 0.25) is 0 Å². The molecule has 0 N–H and O–H groups in total. The van der Waals surface area contributed by atoms with Crippen LogP contribution in [0.1, 0.15) is 29.5 Å². The van der Waals surface area contributed by atoms with Crippen LogP contribution in [-0.2, 0) is 0 Å². The predicted octanol–water partition coefficient (Wildman–Crippen LogP) is 5.92. The monoisotopic (exact) mass is 386 g/mol. The molecule has 2 aromatic heterocycles. The number of hydrogen-bond donors (Lipinski definition) is 0. The summed E-state index contributed by atoms with van der Waals surface area (Å²) in [6.07, 6.45) is 5.60. The SMILES string of the molecule is CCN(c1ccc(-n2ccnc2)c(C)c1)c1cc(-c2c(C)noc2C)ccc1C. The highest BCUT2D eigenvalue weighted by atomic mass is 16.5. The Kier molecular flexibility index (Phi) is 4.97. The minimum Gasteiger partial charge on any atom is -0.361 e. The van der Waals surface area contributed by atoms with Crippen molar-refractivity contribution in [1.82, 2.24) is 14.7 Å². The van der Waals surface area contributed by atoms with Gasteiger partial charge in [0.25, 0.3) is 0 Å². The van der Waals surface area contributed by atoms with Gasteiger partial charge in [-0.25, -0.2) is 4.98 Å². The topological polar surface area (TPSA) is 47.1 Å². The molecule has 0 spiro atoms. The van der Waals surface area contributed by atoms with E-state index in [1.807, 2.05) is 30.9 Å². The molecule has 0 saturated heterocycles. The second-order valence-corrected chi connectivity index (χ2v) is 7.39. The summed E-state index contributed by atoms with van der Waals surface area (Å²) in [5.74, 6) is 0.848. The third-order valence-electron chi connectivity index (χ3n) is 5.41. The lowest BCUT2D eigenvalue weighted by molar-refractivity contribution is 0.393. The van der Waals surface area contributed by atoms with Crippen molar-refractivity contribution in [3.05, 3.63) is 77.7 Å². The van der Waals surface area contributed by atoms with Crippen molar-refractivity contribution < 1.29 is 4.52 Å². The molecule has 0 unspecified atom stereocenters. The zero-order valence-electron chi connectivity index (χ0n) is 17.6. The summed E-state index contributed by atoms with van der Waals surface area (Å²) < 4.78 is 7.42. The van der Waals surface area contributed by atoms with Gasteiger partial charge in [-0.05, 0) is 75.6 Å². The van der Waals surface area contributed by atoms with E-state index in [2.05, 4.69) is 72.2 Å². The van der Waals surface area contributed by atoms with Crippen LogP contribution in [0.25, 0.3) is 16.8 Å². The number of aryl methyl sites for hydroxylation is 4. The second-order valence-electron chi connectivity index (χ2n) is 7.39. The van der Waals surface area contributed by atoms with E-state index in [1.165, 1.54) is 22.5 Å². The average molecular weight is 386 g/mol. The van der Waals surface area contributed by atoms with Gasteiger partial charge >= 0.3 is 0 Å². The Hall–Kier alpha value is -3.34. The zero-order valence-corrected chi connectivity index (χ0v) is 17.6. The van der Waals surface area contributed by atoms with Crippen LogP contribution in [0.15, 0.2) is 59.6 Å². The van der Waals surface area contributed by atoms with E-state index in [1.54, 1.807) is 6.20 Å². The van der Waals surface area contributed by atoms with E-state index in [0.717, 1.165) is 34.8 Å². The molecule has 0 radical (unpaired) electrons. The van der Waals surface area contributed by atoms with Gasteiger partial charge in [0.1, 0.15) is 5.76 Å². The molecule has 4 rings (SSSR count). The van der Waals surface area contributed by atoms with E-state index in [4.69, 9.17) is 4.52 Å². The van der Waals surface area contributed by atoms with Crippen molar-refractivity contribution in [3.8, 4) is 16.8 Å². The smallest absolute Gasteiger partial charge is 0.141 e. The maximum atomic E-state index is 5.38. The summed E-state index contributed by atoms with van der Waals surface area (Å²) in [5.41, 5.74) is 9.08. The van der Waals surface area contributed by atoms with E-state index in [9.17, 15) is 0 Å². The van der Waals surface area contributed by atoms with Gasteiger partial charge < -0.3 is 14.0 Å². The normalized spacial score (nSPS) is 11.1. The first-order valence-electron chi connectivity index (χ1n) is 9.90. The Morgan fingerprint density at radius 1 is 1.00 bits per heavy atom.